The van der Waals surface area contributed by atoms with E-state index in [9.17, 15) is 32.5 Å². The van der Waals surface area contributed by atoms with Crippen molar-refractivity contribution in [2.45, 2.75) is 18.0 Å². The van der Waals surface area contributed by atoms with Crippen LogP contribution in [-0.4, -0.2) is 23.4 Å². The molecular weight excluding hydrogens is 528 g/mol. The monoisotopic (exact) mass is 535 g/mol. The molecule has 12 heteroatoms. The molecule has 0 aliphatic heterocycles. The van der Waals surface area contributed by atoms with Gasteiger partial charge in [-0.15, -0.1) is 0 Å². The van der Waals surface area contributed by atoms with Gasteiger partial charge >= 0.3 is 6.18 Å². The van der Waals surface area contributed by atoms with Gasteiger partial charge in [0, 0.05) is 16.9 Å². The summed E-state index contributed by atoms with van der Waals surface area (Å²) in [5.74, 6) is -1.82. The van der Waals surface area contributed by atoms with Crippen LogP contribution in [0.15, 0.2) is 34.8 Å². The summed E-state index contributed by atoms with van der Waals surface area (Å²) in [5, 5.41) is 10.2. The van der Waals surface area contributed by atoms with Crippen molar-refractivity contribution in [2.24, 2.45) is 0 Å². The summed E-state index contributed by atoms with van der Waals surface area (Å²) in [5.41, 5.74) is -4.19. The average molecular weight is 538 g/mol. The Balaban J connectivity index is 2.67. The molecule has 0 saturated heterocycles. The lowest BCUT2D eigenvalue weighted by atomic mass is 9.74. The molecular formula is C17H9BrCl3F4NO3. The molecule has 156 valence electrons. The Morgan fingerprint density at radius 1 is 1.10 bits per heavy atom. The van der Waals surface area contributed by atoms with Gasteiger partial charge in [0.2, 0.25) is 6.54 Å². The summed E-state index contributed by atoms with van der Waals surface area (Å²) >= 11 is 20.2. The number of hydrogen-bond acceptors (Lipinski definition) is 3. The Labute approximate surface area is 185 Å². The first-order valence-electron chi connectivity index (χ1n) is 7.60. The predicted octanol–water partition coefficient (Wildman–Crippen LogP) is 6.90. The number of benzene rings is 2. The van der Waals surface area contributed by atoms with Gasteiger partial charge in [-0.25, -0.2) is 4.39 Å². The molecule has 0 saturated carbocycles. The molecule has 0 bridgehead atoms. The number of ketones is 1. The van der Waals surface area contributed by atoms with Crippen molar-refractivity contribution in [3.63, 3.8) is 0 Å². The first kappa shape index (κ1) is 23.9. The van der Waals surface area contributed by atoms with Crippen LogP contribution >= 0.6 is 50.7 Å². The van der Waals surface area contributed by atoms with Gasteiger partial charge in [0.25, 0.3) is 0 Å². The Morgan fingerprint density at radius 3 is 2.10 bits per heavy atom. The number of nitrogens with zero attached hydrogens (tertiary/aromatic N) is 1. The van der Waals surface area contributed by atoms with Gasteiger partial charge in [-0.05, 0) is 51.8 Å². The second-order valence-electron chi connectivity index (χ2n) is 6.05. The molecule has 0 aliphatic rings. The van der Waals surface area contributed by atoms with E-state index in [0.29, 0.717) is 0 Å². The minimum atomic E-state index is -5.23. The number of rotatable bonds is 6. The van der Waals surface area contributed by atoms with E-state index in [1.165, 1.54) is 0 Å². The lowest BCUT2D eigenvalue weighted by Crippen LogP contribution is -2.49. The van der Waals surface area contributed by atoms with Crippen LogP contribution in [0.1, 0.15) is 22.3 Å². The van der Waals surface area contributed by atoms with E-state index in [1.54, 1.807) is 0 Å². The van der Waals surface area contributed by atoms with E-state index in [1.807, 2.05) is 0 Å². The third-order valence-electron chi connectivity index (χ3n) is 4.18. The molecule has 0 aromatic heterocycles. The van der Waals surface area contributed by atoms with Crippen molar-refractivity contribution in [2.75, 3.05) is 6.54 Å². The fourth-order valence-electron chi connectivity index (χ4n) is 2.70. The third kappa shape index (κ3) is 5.02. The summed E-state index contributed by atoms with van der Waals surface area (Å²) in [6.07, 6.45) is -6.56. The smallest absolute Gasteiger partial charge is 0.294 e. The minimum absolute atomic E-state index is 0.146. The van der Waals surface area contributed by atoms with Crippen LogP contribution in [0, 0.1) is 15.9 Å². The summed E-state index contributed by atoms with van der Waals surface area (Å²) in [7, 11) is 0. The van der Waals surface area contributed by atoms with Gasteiger partial charge in [-0.1, -0.05) is 34.8 Å². The zero-order valence-electron chi connectivity index (χ0n) is 14.0. The van der Waals surface area contributed by atoms with Crippen LogP contribution in [0.3, 0.4) is 0 Å². The molecule has 1 atom stereocenters. The second kappa shape index (κ2) is 8.75. The molecule has 2 aromatic carbocycles. The molecule has 0 amide bonds. The number of nitro groups is 1. The van der Waals surface area contributed by atoms with Crippen molar-refractivity contribution < 1.29 is 27.3 Å². The standard InChI is InChI=1S/C17H9BrCl3F4NO3/c18-10-3-8(1-2-13(10)22)14(27)6-16(7-26(28)29,17(23,24)25)9-4-11(19)15(21)12(20)5-9/h1-5H,6-7H2/t16-/m1/s1. The van der Waals surface area contributed by atoms with E-state index in [0.717, 1.165) is 30.3 Å². The molecule has 0 radical (unpaired) electrons. The van der Waals surface area contributed by atoms with E-state index < -0.39 is 46.6 Å². The third-order valence-corrected chi connectivity index (χ3v) is 5.99. The first-order valence-corrected chi connectivity index (χ1v) is 9.53. The van der Waals surface area contributed by atoms with Crippen LogP contribution in [0.25, 0.3) is 0 Å². The van der Waals surface area contributed by atoms with Gasteiger partial charge in [0.05, 0.1) is 19.5 Å². The highest BCUT2D eigenvalue weighted by Crippen LogP contribution is 2.47. The topological polar surface area (TPSA) is 60.2 Å². The highest BCUT2D eigenvalue weighted by atomic mass is 79.9. The van der Waals surface area contributed by atoms with Crippen molar-refractivity contribution in [3.8, 4) is 0 Å². The van der Waals surface area contributed by atoms with Crippen molar-refractivity contribution in [1.82, 2.24) is 0 Å². The predicted molar refractivity (Wildman–Crippen MR) is 104 cm³/mol. The zero-order valence-corrected chi connectivity index (χ0v) is 17.9. The summed E-state index contributed by atoms with van der Waals surface area (Å²) < 4.78 is 55.7. The molecule has 29 heavy (non-hydrogen) atoms. The fourth-order valence-corrected chi connectivity index (χ4v) is 3.68. The minimum Gasteiger partial charge on any atom is -0.294 e. The highest BCUT2D eigenvalue weighted by Gasteiger charge is 2.60. The Hall–Kier alpha value is -1.42. The molecule has 0 fully saturated rings. The molecule has 0 unspecified atom stereocenters. The van der Waals surface area contributed by atoms with E-state index in [-0.39, 0.29) is 25.1 Å². The van der Waals surface area contributed by atoms with Crippen LogP contribution in [-0.2, 0) is 5.41 Å². The molecule has 0 heterocycles. The zero-order chi connectivity index (χ0) is 22.1. The van der Waals surface area contributed by atoms with Gasteiger partial charge < -0.3 is 0 Å². The maximum Gasteiger partial charge on any atom is 0.405 e. The van der Waals surface area contributed by atoms with Gasteiger partial charge in [0.1, 0.15) is 5.82 Å². The van der Waals surface area contributed by atoms with Crippen molar-refractivity contribution >= 4 is 56.5 Å². The van der Waals surface area contributed by atoms with Crippen LogP contribution in [0.2, 0.25) is 15.1 Å². The molecule has 0 spiro atoms. The Bertz CT molecular complexity index is 964. The molecule has 0 N–H and O–H groups in total. The van der Waals surface area contributed by atoms with E-state index >= 15 is 0 Å². The van der Waals surface area contributed by atoms with Crippen LogP contribution < -0.4 is 0 Å². The number of carbonyl (C=O) groups is 1. The number of alkyl halides is 3. The first-order chi connectivity index (χ1) is 13.3. The van der Waals surface area contributed by atoms with Crippen molar-refractivity contribution in [3.05, 3.63) is 76.9 Å². The number of carbonyl (C=O) groups excluding carboxylic acids is 1. The number of hydrogen-bond donors (Lipinski definition) is 0. The van der Waals surface area contributed by atoms with Crippen LogP contribution in [0.5, 0.6) is 0 Å². The number of halogens is 8. The molecule has 0 aliphatic carbocycles. The van der Waals surface area contributed by atoms with Gasteiger partial charge in [-0.3, -0.25) is 14.9 Å². The summed E-state index contributed by atoms with van der Waals surface area (Å²) in [6.45, 7) is -1.65. The summed E-state index contributed by atoms with van der Waals surface area (Å²) in [6, 6.07) is 4.45. The van der Waals surface area contributed by atoms with E-state index in [2.05, 4.69) is 15.9 Å². The maximum atomic E-state index is 14.2. The molecule has 2 aromatic rings. The average Bonchev–Trinajstić information content (AvgIpc) is 2.59. The van der Waals surface area contributed by atoms with E-state index in [4.69, 9.17) is 34.8 Å². The summed E-state index contributed by atoms with van der Waals surface area (Å²) in [4.78, 5) is 22.6. The lowest BCUT2D eigenvalue weighted by Gasteiger charge is -2.32. The van der Waals surface area contributed by atoms with Crippen molar-refractivity contribution in [1.29, 1.82) is 0 Å². The Morgan fingerprint density at radius 2 is 1.66 bits per heavy atom. The van der Waals surface area contributed by atoms with Gasteiger partial charge in [0.15, 0.2) is 11.2 Å². The second-order valence-corrected chi connectivity index (χ2v) is 8.10. The van der Waals surface area contributed by atoms with Gasteiger partial charge in [-0.2, -0.15) is 13.2 Å². The number of Topliss-reactive ketones (excluding diaryl/α,β-unsaturated/α-hetero) is 1. The SMILES string of the molecule is O=C(C[C@@](C[N+](=O)[O-])(c1cc(Cl)c(Cl)c(Cl)c1)C(F)(F)F)c1ccc(F)c(Br)c1. The maximum absolute atomic E-state index is 14.2. The highest BCUT2D eigenvalue weighted by molar-refractivity contribution is 9.10. The molecule has 2 rings (SSSR count). The lowest BCUT2D eigenvalue weighted by molar-refractivity contribution is -0.501. The Kier molecular flexibility index (Phi) is 7.20. The fraction of sp³-hybridized carbons (Fsp3) is 0.235. The normalized spacial score (nSPS) is 13.8. The quantitative estimate of drug-likeness (QED) is 0.132. The molecule has 4 nitrogen and oxygen atoms in total. The largest absolute Gasteiger partial charge is 0.405 e. The van der Waals surface area contributed by atoms with Crippen LogP contribution in [0.4, 0.5) is 17.6 Å².